The summed E-state index contributed by atoms with van der Waals surface area (Å²) in [5.41, 5.74) is 2.04. The highest BCUT2D eigenvalue weighted by Crippen LogP contribution is 2.30. The molecular weight excluding hydrogens is 469 g/mol. The molecule has 0 saturated carbocycles. The summed E-state index contributed by atoms with van der Waals surface area (Å²) in [6.07, 6.45) is 0. The van der Waals surface area contributed by atoms with Crippen molar-refractivity contribution in [1.29, 1.82) is 0 Å². The second-order valence-electron chi connectivity index (χ2n) is 7.19. The first kappa shape index (κ1) is 22.6. The van der Waals surface area contributed by atoms with Gasteiger partial charge in [0.05, 0.1) is 22.5 Å². The Hall–Kier alpha value is -3.56. The van der Waals surface area contributed by atoms with E-state index in [1.54, 1.807) is 35.9 Å². The number of ether oxygens (including phenoxy) is 1. The largest absolute Gasteiger partial charge is 0.497 e. The van der Waals surface area contributed by atoms with E-state index in [-0.39, 0.29) is 15.6 Å². The summed E-state index contributed by atoms with van der Waals surface area (Å²) in [4.78, 5) is 12.8. The maximum absolute atomic E-state index is 13.5. The Kier molecular flexibility index (Phi) is 6.01. The molecule has 0 fully saturated rings. The van der Waals surface area contributed by atoms with Crippen molar-refractivity contribution < 1.29 is 22.3 Å². The molecule has 0 unspecified atom stereocenters. The number of fused-ring (bicyclic) bond motifs is 1. The third kappa shape index (κ3) is 4.50. The fourth-order valence-electron chi connectivity index (χ4n) is 3.40. The number of methoxy groups -OCH3 is 1. The van der Waals surface area contributed by atoms with Gasteiger partial charge >= 0.3 is 0 Å². The highest BCUT2D eigenvalue weighted by atomic mass is 35.5. The highest BCUT2D eigenvalue weighted by Gasteiger charge is 2.22. The monoisotopic (exact) mass is 487 g/mol. The van der Waals surface area contributed by atoms with E-state index in [0.29, 0.717) is 28.0 Å². The third-order valence-electron chi connectivity index (χ3n) is 5.11. The van der Waals surface area contributed by atoms with Gasteiger partial charge in [0, 0.05) is 23.8 Å². The minimum absolute atomic E-state index is 0.0240. The normalized spacial score (nSPS) is 11.4. The summed E-state index contributed by atoms with van der Waals surface area (Å²) >= 11 is 5.86. The van der Waals surface area contributed by atoms with Crippen molar-refractivity contribution in [2.24, 2.45) is 7.05 Å². The number of benzene rings is 3. The van der Waals surface area contributed by atoms with Crippen molar-refractivity contribution in [2.45, 2.75) is 4.90 Å². The second-order valence-corrected chi connectivity index (χ2v) is 9.28. The fraction of sp³-hybridized carbons (Fsp3) is 0.0870. The van der Waals surface area contributed by atoms with E-state index in [0.717, 1.165) is 0 Å². The topological polar surface area (TPSA) is 89.4 Å². The molecule has 0 bridgehead atoms. The van der Waals surface area contributed by atoms with Crippen LogP contribution in [0.15, 0.2) is 71.6 Å². The maximum atomic E-state index is 13.5. The first-order valence-corrected chi connectivity index (χ1v) is 11.6. The van der Waals surface area contributed by atoms with E-state index in [9.17, 15) is 17.6 Å². The SMILES string of the molecule is COc1ccc(S(=O)(=O)NC(=O)c2cc3c(Nc4ccc(F)c(Cl)c4)cccc3n2C)cc1. The predicted octanol–water partition coefficient (Wildman–Crippen LogP) is 4.84. The molecule has 0 atom stereocenters. The van der Waals surface area contributed by atoms with Crippen LogP contribution in [0.2, 0.25) is 5.02 Å². The number of carbonyl (C=O) groups excluding carboxylic acids is 1. The molecule has 1 aromatic heterocycles. The lowest BCUT2D eigenvalue weighted by molar-refractivity contribution is 0.0974. The van der Waals surface area contributed by atoms with Crippen LogP contribution in [0.25, 0.3) is 10.9 Å². The zero-order chi connectivity index (χ0) is 23.8. The number of nitrogens with one attached hydrogen (secondary N) is 2. The molecule has 33 heavy (non-hydrogen) atoms. The Morgan fingerprint density at radius 1 is 1.06 bits per heavy atom. The van der Waals surface area contributed by atoms with Crippen LogP contribution in [0.1, 0.15) is 10.5 Å². The molecule has 1 amide bonds. The number of anilines is 2. The smallest absolute Gasteiger partial charge is 0.281 e. The number of nitrogens with zero attached hydrogens (tertiary/aromatic N) is 1. The molecule has 0 saturated heterocycles. The molecular formula is C23H19ClFN3O4S. The van der Waals surface area contributed by atoms with E-state index < -0.39 is 21.7 Å². The number of hydrogen-bond donors (Lipinski definition) is 2. The molecule has 1 heterocycles. The van der Waals surface area contributed by atoms with Gasteiger partial charge in [-0.25, -0.2) is 17.5 Å². The third-order valence-corrected chi connectivity index (χ3v) is 6.75. The van der Waals surface area contributed by atoms with Crippen LogP contribution in [0.5, 0.6) is 5.75 Å². The summed E-state index contributed by atoms with van der Waals surface area (Å²) < 4.78 is 47.5. The Bertz CT molecular complexity index is 1470. The molecule has 0 aliphatic heterocycles. The first-order chi connectivity index (χ1) is 15.7. The van der Waals surface area contributed by atoms with Crippen LogP contribution in [0.3, 0.4) is 0 Å². The van der Waals surface area contributed by atoms with Crippen molar-refractivity contribution >= 4 is 49.8 Å². The van der Waals surface area contributed by atoms with Crippen molar-refractivity contribution in [3.05, 3.63) is 83.3 Å². The lowest BCUT2D eigenvalue weighted by Gasteiger charge is -2.09. The van der Waals surface area contributed by atoms with E-state index in [1.165, 1.54) is 49.6 Å². The molecule has 2 N–H and O–H groups in total. The zero-order valence-electron chi connectivity index (χ0n) is 17.6. The van der Waals surface area contributed by atoms with Crippen LogP contribution in [-0.4, -0.2) is 26.0 Å². The maximum Gasteiger partial charge on any atom is 0.281 e. The molecule has 4 rings (SSSR count). The van der Waals surface area contributed by atoms with Crippen molar-refractivity contribution in [3.8, 4) is 5.75 Å². The number of amides is 1. The van der Waals surface area contributed by atoms with Crippen LogP contribution in [0, 0.1) is 5.82 Å². The van der Waals surface area contributed by atoms with Gasteiger partial charge in [-0.2, -0.15) is 0 Å². The average molecular weight is 488 g/mol. The quantitative estimate of drug-likeness (QED) is 0.406. The number of carbonyl (C=O) groups is 1. The Morgan fingerprint density at radius 2 is 1.79 bits per heavy atom. The Morgan fingerprint density at radius 3 is 2.45 bits per heavy atom. The lowest BCUT2D eigenvalue weighted by atomic mass is 10.2. The molecule has 3 aromatic carbocycles. The first-order valence-electron chi connectivity index (χ1n) is 9.71. The molecule has 0 radical (unpaired) electrons. The Labute approximate surface area is 194 Å². The summed E-state index contributed by atoms with van der Waals surface area (Å²) in [5.74, 6) is -0.811. The van der Waals surface area contributed by atoms with Crippen LogP contribution < -0.4 is 14.8 Å². The summed E-state index contributed by atoms with van der Waals surface area (Å²) in [5, 5.41) is 3.80. The molecule has 7 nitrogen and oxygen atoms in total. The fourth-order valence-corrected chi connectivity index (χ4v) is 4.55. The number of sulfonamides is 1. The number of hydrogen-bond acceptors (Lipinski definition) is 5. The van der Waals surface area contributed by atoms with Gasteiger partial charge in [-0.1, -0.05) is 17.7 Å². The molecule has 0 aliphatic rings. The van der Waals surface area contributed by atoms with Gasteiger partial charge < -0.3 is 14.6 Å². The van der Waals surface area contributed by atoms with Crippen LogP contribution in [-0.2, 0) is 17.1 Å². The molecule has 0 aliphatic carbocycles. The molecule has 4 aromatic rings. The van der Waals surface area contributed by atoms with Gasteiger partial charge in [-0.3, -0.25) is 4.79 Å². The van der Waals surface area contributed by atoms with E-state index in [2.05, 4.69) is 10.0 Å². The van der Waals surface area contributed by atoms with Gasteiger partial charge in [-0.15, -0.1) is 0 Å². The van der Waals surface area contributed by atoms with Crippen molar-refractivity contribution in [3.63, 3.8) is 0 Å². The van der Waals surface area contributed by atoms with Crippen LogP contribution >= 0.6 is 11.6 Å². The van der Waals surface area contributed by atoms with Gasteiger partial charge in [0.2, 0.25) is 0 Å². The van der Waals surface area contributed by atoms with Crippen molar-refractivity contribution in [2.75, 3.05) is 12.4 Å². The average Bonchev–Trinajstić information content (AvgIpc) is 3.14. The zero-order valence-corrected chi connectivity index (χ0v) is 19.2. The van der Waals surface area contributed by atoms with Gasteiger partial charge in [0.25, 0.3) is 15.9 Å². The van der Waals surface area contributed by atoms with Crippen molar-refractivity contribution in [1.82, 2.24) is 9.29 Å². The lowest BCUT2D eigenvalue weighted by Crippen LogP contribution is -2.31. The van der Waals surface area contributed by atoms with E-state index in [1.807, 2.05) is 0 Å². The van der Waals surface area contributed by atoms with E-state index in [4.69, 9.17) is 16.3 Å². The standard InChI is InChI=1S/C23H19ClFN3O4S/c1-28-21-5-3-4-20(26-14-6-11-19(25)18(24)12-14)17(21)13-22(28)23(29)27-33(30,31)16-9-7-15(32-2)8-10-16/h3-13,26H,1-2H3,(H,27,29). The minimum Gasteiger partial charge on any atom is -0.497 e. The number of halogens is 2. The summed E-state index contributed by atoms with van der Waals surface area (Å²) in [6.45, 7) is 0. The molecule has 10 heteroatoms. The predicted molar refractivity (Wildman–Crippen MR) is 125 cm³/mol. The number of rotatable bonds is 6. The minimum atomic E-state index is -4.09. The van der Waals surface area contributed by atoms with Gasteiger partial charge in [0.1, 0.15) is 17.3 Å². The highest BCUT2D eigenvalue weighted by molar-refractivity contribution is 7.90. The molecule has 170 valence electrons. The van der Waals surface area contributed by atoms with Crippen LogP contribution in [0.4, 0.5) is 15.8 Å². The van der Waals surface area contributed by atoms with Gasteiger partial charge in [-0.05, 0) is 60.7 Å². The van der Waals surface area contributed by atoms with E-state index >= 15 is 0 Å². The number of aromatic nitrogens is 1. The van der Waals surface area contributed by atoms with Gasteiger partial charge in [0.15, 0.2) is 0 Å². The Balaban J connectivity index is 1.65. The summed E-state index contributed by atoms with van der Waals surface area (Å²) in [7, 11) is -0.955. The number of aryl methyl sites for hydroxylation is 1. The summed E-state index contributed by atoms with van der Waals surface area (Å²) in [6, 6.07) is 16.9. The molecule has 0 spiro atoms. The second kappa shape index (κ2) is 8.76.